The van der Waals surface area contributed by atoms with E-state index in [1.165, 1.54) is 89.9 Å². The molecule has 3 heteroatoms. The molecular formula is C18H39N3. The number of hydrogen-bond donors (Lipinski definition) is 2. The summed E-state index contributed by atoms with van der Waals surface area (Å²) in [5.41, 5.74) is 2.65. The smallest absolute Gasteiger partial charge is 0.110 e. The highest BCUT2D eigenvalue weighted by Crippen LogP contribution is 2.13. The predicted octanol–water partition coefficient (Wildman–Crippen LogP) is 5.35. The largest absolute Gasteiger partial charge is 0.312 e. The van der Waals surface area contributed by atoms with Crippen molar-refractivity contribution in [2.24, 2.45) is 10.8 Å². The molecule has 0 aromatic heterocycles. The molecule has 0 atom stereocenters. The minimum atomic E-state index is 0.925. The first-order chi connectivity index (χ1) is 10.3. The summed E-state index contributed by atoms with van der Waals surface area (Å²) >= 11 is 0. The third-order valence-corrected chi connectivity index (χ3v) is 4.20. The predicted molar refractivity (Wildman–Crippen MR) is 95.6 cm³/mol. The number of rotatable bonds is 15. The molecule has 3 nitrogen and oxygen atoms in total. The van der Waals surface area contributed by atoms with Crippen molar-refractivity contribution in [1.82, 2.24) is 5.43 Å². The Labute approximate surface area is 133 Å². The van der Waals surface area contributed by atoms with Crippen molar-refractivity contribution in [3.05, 3.63) is 0 Å². The van der Waals surface area contributed by atoms with E-state index in [1.807, 2.05) is 0 Å². The quantitative estimate of drug-likeness (QED) is 0.141. The minimum Gasteiger partial charge on any atom is -0.312 e. The van der Waals surface area contributed by atoms with Crippen LogP contribution in [0.1, 0.15) is 103 Å². The van der Waals surface area contributed by atoms with E-state index in [-0.39, 0.29) is 0 Å². The van der Waals surface area contributed by atoms with Gasteiger partial charge in [-0.2, -0.15) is 0 Å². The zero-order valence-electron chi connectivity index (χ0n) is 14.6. The number of hydrazine groups is 1. The fraction of sp³-hybridized carbons (Fsp3) is 0.944. The Bertz CT molecular complexity index is 227. The van der Waals surface area contributed by atoms with Crippen molar-refractivity contribution in [3.63, 3.8) is 0 Å². The molecule has 126 valence electrons. The van der Waals surface area contributed by atoms with Gasteiger partial charge in [0, 0.05) is 13.5 Å². The summed E-state index contributed by atoms with van der Waals surface area (Å²) < 4.78 is 0. The Hall–Kier alpha value is -0.570. The molecular weight excluding hydrogens is 258 g/mol. The maximum atomic E-state index is 5.36. The van der Waals surface area contributed by atoms with Crippen LogP contribution in [0, 0.1) is 0 Å². The topological polar surface area (TPSA) is 50.4 Å². The van der Waals surface area contributed by atoms with Crippen molar-refractivity contribution in [2.45, 2.75) is 103 Å². The number of hydrogen-bond acceptors (Lipinski definition) is 2. The van der Waals surface area contributed by atoms with Crippen LogP contribution in [0.4, 0.5) is 0 Å². The molecule has 0 saturated carbocycles. The van der Waals surface area contributed by atoms with Crippen molar-refractivity contribution in [2.75, 3.05) is 7.05 Å². The minimum absolute atomic E-state index is 0.925. The van der Waals surface area contributed by atoms with E-state index in [0.29, 0.717) is 0 Å². The van der Waals surface area contributed by atoms with Crippen LogP contribution in [0.2, 0.25) is 0 Å². The third-order valence-electron chi connectivity index (χ3n) is 4.20. The molecule has 0 unspecified atom stereocenters. The Morgan fingerprint density at radius 3 is 1.43 bits per heavy atom. The average molecular weight is 298 g/mol. The standard InChI is InChI=1S/C18H39N3/c1-3-4-5-6-7-8-9-10-11-12-13-14-15-16-17-18(20-2)21-19/h3-17,19H2,1-2H3,(H,20,21). The summed E-state index contributed by atoms with van der Waals surface area (Å²) in [7, 11) is 1.79. The van der Waals surface area contributed by atoms with Crippen LogP contribution in [0.25, 0.3) is 0 Å². The van der Waals surface area contributed by atoms with E-state index in [9.17, 15) is 0 Å². The molecule has 0 rings (SSSR count). The third kappa shape index (κ3) is 15.6. The molecule has 0 heterocycles. The van der Waals surface area contributed by atoms with Crippen LogP contribution < -0.4 is 11.3 Å². The van der Waals surface area contributed by atoms with Gasteiger partial charge >= 0.3 is 0 Å². The highest BCUT2D eigenvalue weighted by atomic mass is 15.2. The molecule has 0 fully saturated rings. The molecule has 0 saturated heterocycles. The van der Waals surface area contributed by atoms with E-state index in [1.54, 1.807) is 7.05 Å². The summed E-state index contributed by atoms with van der Waals surface area (Å²) in [6, 6.07) is 0. The highest BCUT2D eigenvalue weighted by Gasteiger charge is 1.96. The molecule has 0 aliphatic carbocycles. The number of amidine groups is 1. The summed E-state index contributed by atoms with van der Waals surface area (Å²) in [5.74, 6) is 6.28. The van der Waals surface area contributed by atoms with Crippen LogP contribution in [0.3, 0.4) is 0 Å². The SMILES string of the molecule is CCCCCCCCCCCCCCCCC(=NC)NN. The second-order valence-corrected chi connectivity index (χ2v) is 6.16. The van der Waals surface area contributed by atoms with Gasteiger partial charge in [-0.1, -0.05) is 90.4 Å². The van der Waals surface area contributed by atoms with E-state index in [0.717, 1.165) is 12.3 Å². The lowest BCUT2D eigenvalue weighted by atomic mass is 10.0. The second-order valence-electron chi connectivity index (χ2n) is 6.16. The maximum absolute atomic E-state index is 5.36. The van der Waals surface area contributed by atoms with Crippen molar-refractivity contribution in [3.8, 4) is 0 Å². The van der Waals surface area contributed by atoms with Gasteiger partial charge in [-0.05, 0) is 6.42 Å². The van der Waals surface area contributed by atoms with Crippen LogP contribution >= 0.6 is 0 Å². The highest BCUT2D eigenvalue weighted by molar-refractivity contribution is 5.81. The van der Waals surface area contributed by atoms with Gasteiger partial charge in [-0.25, -0.2) is 5.84 Å². The fourth-order valence-electron chi connectivity index (χ4n) is 2.74. The molecule has 0 amide bonds. The van der Waals surface area contributed by atoms with Crippen molar-refractivity contribution in [1.29, 1.82) is 0 Å². The van der Waals surface area contributed by atoms with Crippen molar-refractivity contribution >= 4 is 5.84 Å². The van der Waals surface area contributed by atoms with Crippen molar-refractivity contribution < 1.29 is 0 Å². The van der Waals surface area contributed by atoms with E-state index in [2.05, 4.69) is 17.3 Å². The van der Waals surface area contributed by atoms with Gasteiger partial charge in [0.25, 0.3) is 0 Å². The number of unbranched alkanes of at least 4 members (excludes halogenated alkanes) is 13. The van der Waals surface area contributed by atoms with Gasteiger partial charge in [0.05, 0.1) is 0 Å². The number of nitrogens with zero attached hydrogens (tertiary/aromatic N) is 1. The Morgan fingerprint density at radius 2 is 1.10 bits per heavy atom. The van der Waals surface area contributed by atoms with E-state index in [4.69, 9.17) is 5.84 Å². The average Bonchev–Trinajstić information content (AvgIpc) is 2.51. The Kier molecular flexibility index (Phi) is 17.0. The monoisotopic (exact) mass is 297 g/mol. The normalized spacial score (nSPS) is 11.9. The lowest BCUT2D eigenvalue weighted by molar-refractivity contribution is 0.536. The molecule has 0 aromatic rings. The number of aliphatic imine (C=N–C) groups is 1. The van der Waals surface area contributed by atoms with Crippen LogP contribution in [-0.2, 0) is 0 Å². The molecule has 21 heavy (non-hydrogen) atoms. The van der Waals surface area contributed by atoms with Crippen LogP contribution in [0.5, 0.6) is 0 Å². The molecule has 0 aliphatic rings. The second kappa shape index (κ2) is 17.5. The number of nitrogens with one attached hydrogen (secondary N) is 1. The zero-order chi connectivity index (χ0) is 15.6. The lowest BCUT2D eigenvalue weighted by Gasteiger charge is -2.05. The van der Waals surface area contributed by atoms with Gasteiger partial charge in [0.2, 0.25) is 0 Å². The molecule has 0 aliphatic heterocycles. The summed E-state index contributed by atoms with van der Waals surface area (Å²) in [4.78, 5) is 4.09. The maximum Gasteiger partial charge on any atom is 0.110 e. The molecule has 0 bridgehead atoms. The van der Waals surface area contributed by atoms with Gasteiger partial charge < -0.3 is 5.43 Å². The summed E-state index contributed by atoms with van der Waals surface area (Å²) in [5, 5.41) is 0. The molecule has 3 N–H and O–H groups in total. The lowest BCUT2D eigenvalue weighted by Crippen LogP contribution is -2.29. The fourth-order valence-corrected chi connectivity index (χ4v) is 2.74. The summed E-state index contributed by atoms with van der Waals surface area (Å²) in [6.45, 7) is 2.28. The molecule has 0 radical (unpaired) electrons. The van der Waals surface area contributed by atoms with Gasteiger partial charge in [0.1, 0.15) is 5.84 Å². The van der Waals surface area contributed by atoms with E-state index >= 15 is 0 Å². The van der Waals surface area contributed by atoms with Crippen LogP contribution in [-0.4, -0.2) is 12.9 Å². The van der Waals surface area contributed by atoms with E-state index < -0.39 is 0 Å². The zero-order valence-corrected chi connectivity index (χ0v) is 14.6. The molecule has 0 aromatic carbocycles. The number of nitrogens with two attached hydrogens (primary N) is 1. The first-order valence-electron chi connectivity index (χ1n) is 9.27. The Balaban J connectivity index is 3.06. The van der Waals surface area contributed by atoms with Gasteiger partial charge in [0.15, 0.2) is 0 Å². The van der Waals surface area contributed by atoms with Gasteiger partial charge in [-0.3, -0.25) is 4.99 Å². The van der Waals surface area contributed by atoms with Crippen LogP contribution in [0.15, 0.2) is 4.99 Å². The van der Waals surface area contributed by atoms with Gasteiger partial charge in [-0.15, -0.1) is 0 Å². The molecule has 0 spiro atoms. The first-order valence-corrected chi connectivity index (χ1v) is 9.27. The Morgan fingerprint density at radius 1 is 0.714 bits per heavy atom. The summed E-state index contributed by atoms with van der Waals surface area (Å²) in [6.07, 6.45) is 20.6. The first kappa shape index (κ1) is 20.4.